The Morgan fingerprint density at radius 2 is 2.10 bits per heavy atom. The van der Waals surface area contributed by atoms with Crippen LogP contribution in [-0.2, 0) is 0 Å². The molecule has 0 fully saturated rings. The molecular weight excluding hydrogens is 255 g/mol. The van der Waals surface area contributed by atoms with E-state index < -0.39 is 5.82 Å². The first-order valence-electron chi connectivity index (χ1n) is 5.94. The monoisotopic (exact) mass is 264 g/mol. The molecule has 0 saturated carbocycles. The number of nitriles is 1. The van der Waals surface area contributed by atoms with Crippen LogP contribution in [0.15, 0.2) is 55.0 Å². The highest BCUT2D eigenvalue weighted by atomic mass is 19.1. The number of aromatic nitrogens is 3. The van der Waals surface area contributed by atoms with E-state index in [4.69, 9.17) is 5.26 Å². The van der Waals surface area contributed by atoms with Crippen LogP contribution >= 0.6 is 0 Å². The van der Waals surface area contributed by atoms with Gasteiger partial charge in [0, 0.05) is 18.0 Å². The average molecular weight is 264 g/mol. The predicted octanol–water partition coefficient (Wildman–Crippen LogP) is 2.95. The van der Waals surface area contributed by atoms with Crippen molar-refractivity contribution in [2.45, 2.75) is 0 Å². The van der Waals surface area contributed by atoms with Crippen LogP contribution < -0.4 is 0 Å². The molecule has 0 radical (unpaired) electrons. The minimum atomic E-state index is -0.534. The van der Waals surface area contributed by atoms with Gasteiger partial charge in [-0.05, 0) is 30.3 Å². The number of hydrogen-bond donors (Lipinski definition) is 0. The molecule has 4 nitrogen and oxygen atoms in total. The first-order chi connectivity index (χ1) is 9.78. The summed E-state index contributed by atoms with van der Waals surface area (Å²) < 4.78 is 14.9. The fraction of sp³-hybridized carbons (Fsp3) is 0. The third-order valence-electron chi connectivity index (χ3n) is 2.88. The molecule has 0 atom stereocenters. The zero-order valence-electron chi connectivity index (χ0n) is 10.4. The molecule has 0 aliphatic heterocycles. The van der Waals surface area contributed by atoms with Crippen molar-refractivity contribution < 1.29 is 4.39 Å². The summed E-state index contributed by atoms with van der Waals surface area (Å²) in [5, 5.41) is 13.1. The summed E-state index contributed by atoms with van der Waals surface area (Å²) in [6.07, 6.45) is 5.17. The standard InChI is InChI=1S/C15H9FN4/c16-14-5-4-13(7-11(14)8-17)20-10-12(9-19-20)15-3-1-2-6-18-15/h1-7,9-10H. The van der Waals surface area contributed by atoms with Gasteiger partial charge >= 0.3 is 0 Å². The van der Waals surface area contributed by atoms with Crippen molar-refractivity contribution in [1.82, 2.24) is 14.8 Å². The van der Waals surface area contributed by atoms with E-state index in [1.54, 1.807) is 29.3 Å². The topological polar surface area (TPSA) is 54.5 Å². The quantitative estimate of drug-likeness (QED) is 0.715. The largest absolute Gasteiger partial charge is 0.256 e. The lowest BCUT2D eigenvalue weighted by atomic mass is 10.2. The van der Waals surface area contributed by atoms with E-state index in [1.165, 1.54) is 12.1 Å². The SMILES string of the molecule is N#Cc1cc(-n2cc(-c3ccccn3)cn2)ccc1F. The van der Waals surface area contributed by atoms with Crippen molar-refractivity contribution in [3.8, 4) is 23.0 Å². The Hall–Kier alpha value is -3.00. The Balaban J connectivity index is 2.01. The molecule has 2 aromatic heterocycles. The molecule has 0 unspecified atom stereocenters. The number of benzene rings is 1. The van der Waals surface area contributed by atoms with Crippen LogP contribution in [0.25, 0.3) is 16.9 Å². The van der Waals surface area contributed by atoms with Gasteiger partial charge in [-0.25, -0.2) is 9.07 Å². The Morgan fingerprint density at radius 3 is 2.85 bits per heavy atom. The molecule has 1 aromatic carbocycles. The van der Waals surface area contributed by atoms with Crippen LogP contribution in [-0.4, -0.2) is 14.8 Å². The van der Waals surface area contributed by atoms with E-state index in [0.29, 0.717) is 5.69 Å². The van der Waals surface area contributed by atoms with Gasteiger partial charge in [-0.2, -0.15) is 10.4 Å². The second kappa shape index (κ2) is 4.94. The highest BCUT2D eigenvalue weighted by Gasteiger charge is 2.07. The minimum Gasteiger partial charge on any atom is -0.256 e. The van der Waals surface area contributed by atoms with E-state index in [9.17, 15) is 4.39 Å². The van der Waals surface area contributed by atoms with Gasteiger partial charge in [0.05, 0.1) is 23.1 Å². The molecule has 0 spiro atoms. The molecule has 20 heavy (non-hydrogen) atoms. The van der Waals surface area contributed by atoms with Crippen molar-refractivity contribution in [2.24, 2.45) is 0 Å². The number of halogens is 1. The Morgan fingerprint density at radius 1 is 1.20 bits per heavy atom. The summed E-state index contributed by atoms with van der Waals surface area (Å²) in [5.74, 6) is -0.534. The van der Waals surface area contributed by atoms with Gasteiger partial charge in [0.15, 0.2) is 0 Å². The van der Waals surface area contributed by atoms with Gasteiger partial charge in [-0.15, -0.1) is 0 Å². The molecule has 0 N–H and O–H groups in total. The fourth-order valence-electron chi connectivity index (χ4n) is 1.87. The second-order valence-corrected chi connectivity index (χ2v) is 4.16. The van der Waals surface area contributed by atoms with Crippen molar-refractivity contribution in [3.63, 3.8) is 0 Å². The van der Waals surface area contributed by atoms with Crippen molar-refractivity contribution in [1.29, 1.82) is 5.26 Å². The Labute approximate surface area is 114 Å². The molecule has 0 amide bonds. The number of nitrogens with zero attached hydrogens (tertiary/aromatic N) is 4. The lowest BCUT2D eigenvalue weighted by Crippen LogP contribution is -1.96. The Bertz CT molecular complexity index is 787. The van der Waals surface area contributed by atoms with Crippen LogP contribution in [0.5, 0.6) is 0 Å². The van der Waals surface area contributed by atoms with Crippen LogP contribution in [0.4, 0.5) is 4.39 Å². The molecule has 0 bridgehead atoms. The normalized spacial score (nSPS) is 10.2. The van der Waals surface area contributed by atoms with Crippen LogP contribution in [0.1, 0.15) is 5.56 Å². The third-order valence-corrected chi connectivity index (χ3v) is 2.88. The first kappa shape index (κ1) is 12.1. The lowest BCUT2D eigenvalue weighted by molar-refractivity contribution is 0.623. The van der Waals surface area contributed by atoms with Gasteiger partial charge in [0.25, 0.3) is 0 Å². The molecule has 96 valence electrons. The van der Waals surface area contributed by atoms with Gasteiger partial charge in [0.2, 0.25) is 0 Å². The predicted molar refractivity (Wildman–Crippen MR) is 71.5 cm³/mol. The molecule has 0 aliphatic rings. The molecule has 3 rings (SSSR count). The number of pyridine rings is 1. The summed E-state index contributed by atoms with van der Waals surface area (Å²) in [6, 6.07) is 11.7. The smallest absolute Gasteiger partial charge is 0.141 e. The fourth-order valence-corrected chi connectivity index (χ4v) is 1.87. The van der Waals surface area contributed by atoms with Crippen molar-refractivity contribution in [3.05, 3.63) is 66.4 Å². The molecule has 3 aromatic rings. The molecular formula is C15H9FN4. The van der Waals surface area contributed by atoms with E-state index >= 15 is 0 Å². The Kier molecular flexibility index (Phi) is 2.98. The van der Waals surface area contributed by atoms with E-state index in [-0.39, 0.29) is 5.56 Å². The number of rotatable bonds is 2. The molecule has 0 saturated heterocycles. The van der Waals surface area contributed by atoms with E-state index in [0.717, 1.165) is 11.3 Å². The lowest BCUT2D eigenvalue weighted by Gasteiger charge is -2.02. The summed E-state index contributed by atoms with van der Waals surface area (Å²) in [4.78, 5) is 4.24. The highest BCUT2D eigenvalue weighted by Crippen LogP contribution is 2.18. The van der Waals surface area contributed by atoms with Gasteiger partial charge in [-0.3, -0.25) is 4.98 Å². The molecule has 0 aliphatic carbocycles. The highest BCUT2D eigenvalue weighted by molar-refractivity contribution is 5.57. The van der Waals surface area contributed by atoms with Crippen molar-refractivity contribution >= 4 is 0 Å². The summed E-state index contributed by atoms with van der Waals surface area (Å²) in [7, 11) is 0. The zero-order valence-corrected chi connectivity index (χ0v) is 10.4. The van der Waals surface area contributed by atoms with Crippen LogP contribution in [0, 0.1) is 17.1 Å². The third kappa shape index (κ3) is 2.15. The summed E-state index contributed by atoms with van der Waals surface area (Å²) in [6.45, 7) is 0. The van der Waals surface area contributed by atoms with Gasteiger partial charge < -0.3 is 0 Å². The first-order valence-corrected chi connectivity index (χ1v) is 5.94. The molecule has 5 heteroatoms. The number of hydrogen-bond acceptors (Lipinski definition) is 3. The van der Waals surface area contributed by atoms with Crippen LogP contribution in [0.2, 0.25) is 0 Å². The maximum atomic E-state index is 13.3. The van der Waals surface area contributed by atoms with Crippen molar-refractivity contribution in [2.75, 3.05) is 0 Å². The molecule has 2 heterocycles. The summed E-state index contributed by atoms with van der Waals surface area (Å²) in [5.41, 5.74) is 2.29. The maximum Gasteiger partial charge on any atom is 0.141 e. The minimum absolute atomic E-state index is 0.00242. The van der Waals surface area contributed by atoms with E-state index in [2.05, 4.69) is 10.1 Å². The zero-order chi connectivity index (χ0) is 13.9. The second-order valence-electron chi connectivity index (χ2n) is 4.16. The van der Waals surface area contributed by atoms with Gasteiger partial charge in [0.1, 0.15) is 11.9 Å². The van der Waals surface area contributed by atoms with Gasteiger partial charge in [-0.1, -0.05) is 6.07 Å². The van der Waals surface area contributed by atoms with E-state index in [1.807, 2.05) is 24.3 Å². The summed E-state index contributed by atoms with van der Waals surface area (Å²) >= 11 is 0. The average Bonchev–Trinajstić information content (AvgIpc) is 2.98. The maximum absolute atomic E-state index is 13.3. The van der Waals surface area contributed by atoms with Crippen LogP contribution in [0.3, 0.4) is 0 Å².